The lowest BCUT2D eigenvalue weighted by atomic mass is 10.0. The van der Waals surface area contributed by atoms with Crippen LogP contribution in [0.4, 0.5) is 24.5 Å². The number of alkyl halides is 3. The molecule has 0 bridgehead atoms. The summed E-state index contributed by atoms with van der Waals surface area (Å²) in [5.41, 5.74) is 2.18. The van der Waals surface area contributed by atoms with Crippen LogP contribution in [0.25, 0.3) is 5.57 Å². The maximum Gasteiger partial charge on any atom is 0.573 e. The molecule has 1 heterocycles. The maximum atomic E-state index is 13.3. The molecule has 4 rings (SSSR count). The second-order valence-electron chi connectivity index (χ2n) is 7.10. The fourth-order valence-electron chi connectivity index (χ4n) is 3.44. The first-order valence-electron chi connectivity index (χ1n) is 9.61. The molecule has 5 nitrogen and oxygen atoms in total. The molecule has 1 aliphatic rings. The van der Waals surface area contributed by atoms with Crippen LogP contribution >= 0.6 is 0 Å². The monoisotopic (exact) mass is 438 g/mol. The third-order valence-corrected chi connectivity index (χ3v) is 4.74. The number of anilines is 2. The molecule has 1 N–H and O–H groups in total. The molecule has 8 heteroatoms. The number of nitrogens with one attached hydrogen (secondary N) is 1. The molecule has 0 unspecified atom stereocenters. The molecule has 162 valence electrons. The molecular formula is C24H17F3N2O3. The summed E-state index contributed by atoms with van der Waals surface area (Å²) < 4.78 is 41.8. The number of halogens is 3. The van der Waals surface area contributed by atoms with E-state index in [1.807, 2.05) is 19.1 Å². The number of nitrogens with zero attached hydrogens (tertiary/aromatic N) is 1. The fourth-order valence-corrected chi connectivity index (χ4v) is 3.44. The highest BCUT2D eigenvalue weighted by atomic mass is 19.4. The van der Waals surface area contributed by atoms with Gasteiger partial charge in [-0.05, 0) is 42.3 Å². The minimum Gasteiger partial charge on any atom is -0.406 e. The summed E-state index contributed by atoms with van der Waals surface area (Å²) in [6.07, 6.45) is -4.90. The number of hydrogen-bond donors (Lipinski definition) is 1. The predicted octanol–water partition coefficient (Wildman–Crippen LogP) is 5.29. The van der Waals surface area contributed by atoms with E-state index < -0.39 is 23.9 Å². The van der Waals surface area contributed by atoms with Gasteiger partial charge in [0, 0.05) is 11.8 Å². The Morgan fingerprint density at radius 3 is 2.25 bits per heavy atom. The Bertz CT molecular complexity index is 1220. The Kier molecular flexibility index (Phi) is 5.44. The number of benzene rings is 3. The molecule has 0 atom stereocenters. The van der Waals surface area contributed by atoms with Gasteiger partial charge in [-0.15, -0.1) is 13.2 Å². The average Bonchev–Trinajstić information content (AvgIpc) is 2.97. The van der Waals surface area contributed by atoms with Crippen molar-refractivity contribution in [3.05, 3.63) is 95.7 Å². The van der Waals surface area contributed by atoms with Crippen LogP contribution in [-0.4, -0.2) is 18.2 Å². The molecule has 3 aromatic rings. The van der Waals surface area contributed by atoms with Gasteiger partial charge in [0.1, 0.15) is 11.4 Å². The van der Waals surface area contributed by atoms with Crippen molar-refractivity contribution in [1.82, 2.24) is 0 Å². The largest absolute Gasteiger partial charge is 0.573 e. The van der Waals surface area contributed by atoms with Gasteiger partial charge in [-0.25, -0.2) is 4.90 Å². The van der Waals surface area contributed by atoms with E-state index in [0.29, 0.717) is 11.3 Å². The molecule has 2 amide bonds. The lowest BCUT2D eigenvalue weighted by Crippen LogP contribution is -2.32. The third-order valence-electron chi connectivity index (χ3n) is 4.74. The first-order chi connectivity index (χ1) is 15.2. The van der Waals surface area contributed by atoms with E-state index >= 15 is 0 Å². The Hall–Kier alpha value is -4.07. The standard InChI is InChI=1S/C24H17F3N2O3/c1-15-7-5-10-17(13-15)28-21-20(16-8-3-2-4-9-16)22(30)29(23(21)31)18-11-6-12-19(14-18)32-24(25,26)27/h2-14,28H,1H3. The third kappa shape index (κ3) is 4.34. The normalized spacial score (nSPS) is 14.2. The molecule has 1 aliphatic heterocycles. The molecule has 0 aromatic heterocycles. The van der Waals surface area contributed by atoms with E-state index in [2.05, 4.69) is 10.1 Å². The summed E-state index contributed by atoms with van der Waals surface area (Å²) in [7, 11) is 0. The quantitative estimate of drug-likeness (QED) is 0.550. The molecule has 0 spiro atoms. The average molecular weight is 438 g/mol. The van der Waals surface area contributed by atoms with Crippen molar-refractivity contribution < 1.29 is 27.5 Å². The van der Waals surface area contributed by atoms with Gasteiger partial charge in [-0.2, -0.15) is 0 Å². The highest BCUT2D eigenvalue weighted by Crippen LogP contribution is 2.35. The molecule has 0 fully saturated rings. The van der Waals surface area contributed by atoms with Crippen molar-refractivity contribution in [3.8, 4) is 5.75 Å². The zero-order valence-corrected chi connectivity index (χ0v) is 16.8. The van der Waals surface area contributed by atoms with Gasteiger partial charge >= 0.3 is 6.36 Å². The van der Waals surface area contributed by atoms with Crippen molar-refractivity contribution in [3.63, 3.8) is 0 Å². The summed E-state index contributed by atoms with van der Waals surface area (Å²) in [4.78, 5) is 27.5. The Balaban J connectivity index is 1.77. The Morgan fingerprint density at radius 2 is 1.56 bits per heavy atom. The van der Waals surface area contributed by atoms with Crippen LogP contribution in [-0.2, 0) is 9.59 Å². The lowest BCUT2D eigenvalue weighted by molar-refractivity contribution is -0.274. The highest BCUT2D eigenvalue weighted by molar-refractivity contribution is 6.46. The number of rotatable bonds is 5. The van der Waals surface area contributed by atoms with Crippen molar-refractivity contribution in [1.29, 1.82) is 0 Å². The van der Waals surface area contributed by atoms with E-state index in [1.54, 1.807) is 42.5 Å². The summed E-state index contributed by atoms with van der Waals surface area (Å²) in [5.74, 6) is -1.86. The molecule has 0 aliphatic carbocycles. The Morgan fingerprint density at radius 1 is 0.844 bits per heavy atom. The first kappa shape index (κ1) is 21.2. The zero-order valence-electron chi connectivity index (χ0n) is 16.8. The van der Waals surface area contributed by atoms with Gasteiger partial charge in [0.25, 0.3) is 11.8 Å². The minimum absolute atomic E-state index is 0.0313. The van der Waals surface area contributed by atoms with Crippen molar-refractivity contribution in [2.24, 2.45) is 0 Å². The van der Waals surface area contributed by atoms with E-state index in [1.165, 1.54) is 12.1 Å². The van der Waals surface area contributed by atoms with Crippen molar-refractivity contribution in [2.75, 3.05) is 10.2 Å². The van der Waals surface area contributed by atoms with Crippen molar-refractivity contribution in [2.45, 2.75) is 13.3 Å². The molecular weight excluding hydrogens is 421 g/mol. The number of ether oxygens (including phenoxy) is 1. The molecule has 0 saturated carbocycles. The van der Waals surface area contributed by atoms with Gasteiger partial charge in [-0.1, -0.05) is 48.5 Å². The molecule has 3 aromatic carbocycles. The van der Waals surface area contributed by atoms with Gasteiger partial charge in [0.05, 0.1) is 11.3 Å². The number of imide groups is 1. The van der Waals surface area contributed by atoms with Gasteiger partial charge in [0.2, 0.25) is 0 Å². The van der Waals surface area contributed by atoms with E-state index in [4.69, 9.17) is 0 Å². The van der Waals surface area contributed by atoms with Crippen molar-refractivity contribution >= 4 is 28.8 Å². The maximum absolute atomic E-state index is 13.3. The summed E-state index contributed by atoms with van der Waals surface area (Å²) in [6, 6.07) is 20.6. The SMILES string of the molecule is Cc1cccc(NC2=C(c3ccccc3)C(=O)N(c3cccc(OC(F)(F)F)c3)C2=O)c1. The zero-order chi connectivity index (χ0) is 22.9. The second-order valence-corrected chi connectivity index (χ2v) is 7.10. The summed E-state index contributed by atoms with van der Waals surface area (Å²) in [6.45, 7) is 1.89. The topological polar surface area (TPSA) is 58.6 Å². The van der Waals surface area contributed by atoms with Crippen LogP contribution in [0, 0.1) is 6.92 Å². The predicted molar refractivity (Wildman–Crippen MR) is 114 cm³/mol. The highest BCUT2D eigenvalue weighted by Gasteiger charge is 2.40. The van der Waals surface area contributed by atoms with Gasteiger partial charge < -0.3 is 10.1 Å². The van der Waals surface area contributed by atoms with Crippen LogP contribution in [0.15, 0.2) is 84.6 Å². The molecule has 0 saturated heterocycles. The Labute approximate surface area is 181 Å². The number of aryl methyl sites for hydroxylation is 1. The number of amides is 2. The fraction of sp³-hybridized carbons (Fsp3) is 0.0833. The number of carbonyl (C=O) groups excluding carboxylic acids is 2. The van der Waals surface area contributed by atoms with Crippen LogP contribution in [0.2, 0.25) is 0 Å². The number of carbonyl (C=O) groups is 2. The molecule has 32 heavy (non-hydrogen) atoms. The second kappa shape index (κ2) is 8.22. The summed E-state index contributed by atoms with van der Waals surface area (Å²) in [5, 5.41) is 3.02. The smallest absolute Gasteiger partial charge is 0.406 e. The van der Waals surface area contributed by atoms with E-state index in [0.717, 1.165) is 22.6 Å². The minimum atomic E-state index is -4.90. The first-order valence-corrected chi connectivity index (χ1v) is 9.61. The van der Waals surface area contributed by atoms with Gasteiger partial charge in [-0.3, -0.25) is 9.59 Å². The number of hydrogen-bond acceptors (Lipinski definition) is 4. The van der Waals surface area contributed by atoms with Crippen LogP contribution in [0.1, 0.15) is 11.1 Å². The lowest BCUT2D eigenvalue weighted by Gasteiger charge is -2.17. The van der Waals surface area contributed by atoms with Crippen LogP contribution < -0.4 is 15.0 Å². The van der Waals surface area contributed by atoms with Crippen LogP contribution in [0.3, 0.4) is 0 Å². The summed E-state index contributed by atoms with van der Waals surface area (Å²) >= 11 is 0. The van der Waals surface area contributed by atoms with Gasteiger partial charge in [0.15, 0.2) is 0 Å². The van der Waals surface area contributed by atoms with Crippen LogP contribution in [0.5, 0.6) is 5.75 Å². The van der Waals surface area contributed by atoms with E-state index in [9.17, 15) is 22.8 Å². The van der Waals surface area contributed by atoms with E-state index in [-0.39, 0.29) is 17.0 Å². The molecule has 0 radical (unpaired) electrons.